The Balaban J connectivity index is 1.44. The van der Waals surface area contributed by atoms with E-state index >= 15 is 0 Å². The number of carbonyl (C=O) groups excluding carboxylic acids is 3. The molecule has 3 amide bonds. The van der Waals surface area contributed by atoms with E-state index in [0.717, 1.165) is 0 Å². The Kier molecular flexibility index (Phi) is 5.71. The molecule has 0 saturated heterocycles. The monoisotopic (exact) mass is 436 g/mol. The molecule has 11 heteroatoms. The highest BCUT2D eigenvalue weighted by molar-refractivity contribution is 6.11. The Labute approximate surface area is 182 Å². The average Bonchev–Trinajstić information content (AvgIpc) is 3.21. The maximum Gasteiger partial charge on any atom is 0.254 e. The van der Waals surface area contributed by atoms with Crippen LogP contribution >= 0.6 is 0 Å². The summed E-state index contributed by atoms with van der Waals surface area (Å²) in [4.78, 5) is 41.6. The van der Waals surface area contributed by atoms with Crippen LogP contribution in [-0.2, 0) is 9.59 Å². The van der Waals surface area contributed by atoms with Gasteiger partial charge in [-0.05, 0) is 24.3 Å². The molecule has 0 fully saturated rings. The third-order valence-electron chi connectivity index (χ3n) is 4.84. The van der Waals surface area contributed by atoms with Gasteiger partial charge in [-0.1, -0.05) is 12.1 Å². The lowest BCUT2D eigenvalue weighted by Crippen LogP contribution is -2.43. The van der Waals surface area contributed by atoms with E-state index in [2.05, 4.69) is 31.1 Å². The minimum atomic E-state index is -1.05. The van der Waals surface area contributed by atoms with Crippen LogP contribution in [0.2, 0.25) is 0 Å². The predicted molar refractivity (Wildman–Crippen MR) is 114 cm³/mol. The molecular weight excluding hydrogens is 416 g/mol. The Morgan fingerprint density at radius 3 is 2.69 bits per heavy atom. The number of aromatic nitrogens is 3. The van der Waals surface area contributed by atoms with Crippen LogP contribution < -0.4 is 25.4 Å². The lowest BCUT2D eigenvalue weighted by molar-refractivity contribution is -0.122. The summed E-state index contributed by atoms with van der Waals surface area (Å²) in [5.41, 5.74) is 1.34. The summed E-state index contributed by atoms with van der Waals surface area (Å²) in [6.07, 6.45) is -0.290. The van der Waals surface area contributed by atoms with Gasteiger partial charge in [-0.2, -0.15) is 4.98 Å². The summed E-state index contributed by atoms with van der Waals surface area (Å²) < 4.78 is 10.5. The van der Waals surface area contributed by atoms with E-state index in [1.165, 1.54) is 7.11 Å². The number of fused-ring (bicyclic) bond motifs is 1. The number of aromatic amines is 1. The topological polar surface area (TPSA) is 147 Å². The highest BCUT2D eigenvalue weighted by Gasteiger charge is 2.29. The molecule has 0 bridgehead atoms. The molecule has 0 spiro atoms. The number of carbonyl (C=O) groups is 3. The van der Waals surface area contributed by atoms with E-state index in [1.807, 2.05) is 0 Å². The first-order valence-electron chi connectivity index (χ1n) is 9.64. The first kappa shape index (κ1) is 20.8. The molecule has 4 rings (SSSR count). The third-order valence-corrected chi connectivity index (χ3v) is 4.84. The maximum absolute atomic E-state index is 12.5. The minimum absolute atomic E-state index is 0.0199. The van der Waals surface area contributed by atoms with Crippen LogP contribution in [0.5, 0.6) is 11.5 Å². The molecule has 2 aromatic carbocycles. The molecule has 1 atom stereocenters. The SMILES string of the molecule is COc1ccc(-c2nc(NC(=O)CC3NC(=O)c4ccccc4NC3=O)n[nH]2)c(OC)c1. The summed E-state index contributed by atoms with van der Waals surface area (Å²) in [6.45, 7) is 0. The normalized spacial score (nSPS) is 15.1. The van der Waals surface area contributed by atoms with Crippen molar-refractivity contribution in [3.8, 4) is 22.9 Å². The fraction of sp³-hybridized carbons (Fsp3) is 0.190. The second kappa shape index (κ2) is 8.76. The Morgan fingerprint density at radius 2 is 1.91 bits per heavy atom. The highest BCUT2D eigenvalue weighted by atomic mass is 16.5. The van der Waals surface area contributed by atoms with E-state index in [9.17, 15) is 14.4 Å². The summed E-state index contributed by atoms with van der Waals surface area (Å²) in [5.74, 6) is 0.0480. The first-order valence-corrected chi connectivity index (χ1v) is 9.64. The van der Waals surface area contributed by atoms with Gasteiger partial charge in [0.25, 0.3) is 5.91 Å². The molecule has 1 unspecified atom stereocenters. The number of amides is 3. The first-order chi connectivity index (χ1) is 15.5. The number of rotatable bonds is 6. The van der Waals surface area contributed by atoms with E-state index in [0.29, 0.717) is 34.1 Å². The molecule has 0 saturated carbocycles. The fourth-order valence-corrected chi connectivity index (χ4v) is 3.25. The Bertz CT molecular complexity index is 1190. The minimum Gasteiger partial charge on any atom is -0.497 e. The number of ether oxygens (including phenoxy) is 2. The van der Waals surface area contributed by atoms with Crippen molar-refractivity contribution >= 4 is 29.4 Å². The molecule has 0 aliphatic carbocycles. The van der Waals surface area contributed by atoms with Crippen molar-refractivity contribution in [2.24, 2.45) is 0 Å². The Hall–Kier alpha value is -4.41. The fourth-order valence-electron chi connectivity index (χ4n) is 3.25. The van der Waals surface area contributed by atoms with Crippen molar-refractivity contribution in [2.75, 3.05) is 24.9 Å². The van der Waals surface area contributed by atoms with Crippen molar-refractivity contribution < 1.29 is 23.9 Å². The van der Waals surface area contributed by atoms with Gasteiger partial charge in [0.2, 0.25) is 17.8 Å². The molecule has 11 nitrogen and oxygen atoms in total. The molecule has 4 N–H and O–H groups in total. The van der Waals surface area contributed by atoms with Crippen molar-refractivity contribution in [3.05, 3.63) is 48.0 Å². The van der Waals surface area contributed by atoms with E-state index in [-0.39, 0.29) is 12.4 Å². The van der Waals surface area contributed by atoms with Gasteiger partial charge in [0.1, 0.15) is 17.5 Å². The molecule has 3 aromatic rings. The second-order valence-electron chi connectivity index (χ2n) is 6.89. The van der Waals surface area contributed by atoms with Crippen LogP contribution in [0.1, 0.15) is 16.8 Å². The van der Waals surface area contributed by atoms with Crippen LogP contribution in [0.4, 0.5) is 11.6 Å². The van der Waals surface area contributed by atoms with Gasteiger partial charge in [0.05, 0.1) is 37.5 Å². The summed E-state index contributed by atoms with van der Waals surface area (Å²) in [7, 11) is 3.06. The zero-order valence-corrected chi connectivity index (χ0v) is 17.3. The molecule has 1 aliphatic heterocycles. The largest absolute Gasteiger partial charge is 0.497 e. The lowest BCUT2D eigenvalue weighted by atomic mass is 10.1. The summed E-state index contributed by atoms with van der Waals surface area (Å²) >= 11 is 0. The lowest BCUT2D eigenvalue weighted by Gasteiger charge is -2.13. The maximum atomic E-state index is 12.5. The van der Waals surface area contributed by atoms with Crippen LogP contribution in [0.15, 0.2) is 42.5 Å². The van der Waals surface area contributed by atoms with Crippen molar-refractivity contribution in [1.82, 2.24) is 20.5 Å². The zero-order chi connectivity index (χ0) is 22.7. The van der Waals surface area contributed by atoms with Gasteiger partial charge >= 0.3 is 0 Å². The van der Waals surface area contributed by atoms with Gasteiger partial charge in [0.15, 0.2) is 5.82 Å². The van der Waals surface area contributed by atoms with E-state index < -0.39 is 23.8 Å². The molecule has 1 aromatic heterocycles. The van der Waals surface area contributed by atoms with Gasteiger partial charge in [-0.25, -0.2) is 0 Å². The van der Waals surface area contributed by atoms with Gasteiger partial charge in [-0.3, -0.25) is 24.8 Å². The molecule has 2 heterocycles. The number of benzene rings is 2. The molecule has 0 radical (unpaired) electrons. The summed E-state index contributed by atoms with van der Waals surface area (Å²) in [6, 6.07) is 10.7. The predicted octanol–water partition coefficient (Wildman–Crippen LogP) is 1.57. The van der Waals surface area contributed by atoms with Crippen LogP contribution in [0.3, 0.4) is 0 Å². The standard InChI is InChI=1S/C21H20N6O5/c1-31-11-7-8-13(16(9-11)32-2)18-25-21(27-26-18)24-17(28)10-15-20(30)22-14-6-4-3-5-12(14)19(29)23-15/h3-9,15H,10H2,1-2H3,(H,22,30)(H,23,29)(H2,24,25,26,27,28). The van der Waals surface area contributed by atoms with E-state index in [4.69, 9.17) is 9.47 Å². The van der Waals surface area contributed by atoms with Crippen molar-refractivity contribution in [2.45, 2.75) is 12.5 Å². The number of hydrogen-bond acceptors (Lipinski definition) is 7. The Morgan fingerprint density at radius 1 is 1.09 bits per heavy atom. The van der Waals surface area contributed by atoms with E-state index in [1.54, 1.807) is 49.6 Å². The molecule has 1 aliphatic rings. The molecule has 32 heavy (non-hydrogen) atoms. The average molecular weight is 436 g/mol. The number of para-hydroxylation sites is 1. The van der Waals surface area contributed by atoms with Crippen LogP contribution in [0, 0.1) is 0 Å². The number of methoxy groups -OCH3 is 2. The van der Waals surface area contributed by atoms with Gasteiger partial charge < -0.3 is 20.1 Å². The number of nitrogens with zero attached hydrogens (tertiary/aromatic N) is 2. The quantitative estimate of drug-likeness (QED) is 0.458. The summed E-state index contributed by atoms with van der Waals surface area (Å²) in [5, 5.41) is 14.5. The van der Waals surface area contributed by atoms with Gasteiger partial charge in [0, 0.05) is 6.07 Å². The van der Waals surface area contributed by atoms with Crippen LogP contribution in [0.25, 0.3) is 11.4 Å². The van der Waals surface area contributed by atoms with Crippen molar-refractivity contribution in [3.63, 3.8) is 0 Å². The zero-order valence-electron chi connectivity index (χ0n) is 17.3. The highest BCUT2D eigenvalue weighted by Crippen LogP contribution is 2.31. The smallest absolute Gasteiger partial charge is 0.254 e. The van der Waals surface area contributed by atoms with Gasteiger partial charge in [-0.15, -0.1) is 5.10 Å². The number of anilines is 2. The van der Waals surface area contributed by atoms with Crippen LogP contribution in [-0.4, -0.2) is 53.2 Å². The number of nitrogens with one attached hydrogen (secondary N) is 4. The number of hydrogen-bond donors (Lipinski definition) is 4. The molecule has 164 valence electrons. The second-order valence-corrected chi connectivity index (χ2v) is 6.89. The number of H-pyrrole nitrogens is 1. The molecular formula is C21H20N6O5. The third kappa shape index (κ3) is 4.21. The van der Waals surface area contributed by atoms with Crippen molar-refractivity contribution in [1.29, 1.82) is 0 Å².